The minimum absolute atomic E-state index is 0.0562. The molecule has 19 heavy (non-hydrogen) atoms. The highest BCUT2D eigenvalue weighted by atomic mass is 16.7. The van der Waals surface area contributed by atoms with Crippen LogP contribution in [0.2, 0.25) is 0 Å². The van der Waals surface area contributed by atoms with Gasteiger partial charge >= 0.3 is 6.09 Å². The lowest BCUT2D eigenvalue weighted by atomic mass is 10.1. The average molecular weight is 273 g/mol. The van der Waals surface area contributed by atoms with Gasteiger partial charge in [0.1, 0.15) is 6.26 Å². The standard InChI is InChI=1S/C12H23N3O4/c1-9(2)10-6-8-18-13-7-4-3-5-11(19-15-10)14-12(16)17/h6,8-11,13-15H,3-5,7H2,1-2H3,(H,16,17)/b8-6+/t10-,11+/m1/s1. The van der Waals surface area contributed by atoms with Gasteiger partial charge in [0.05, 0.1) is 6.04 Å². The SMILES string of the molecule is CC(C)[C@H]1/C=C/ONCCCC[C@@H](NC(=O)O)ON1. The first kappa shape index (κ1) is 15.7. The first-order chi connectivity index (χ1) is 9.09. The summed E-state index contributed by atoms with van der Waals surface area (Å²) in [6.45, 7) is 4.78. The Labute approximate surface area is 113 Å². The zero-order valence-electron chi connectivity index (χ0n) is 11.4. The van der Waals surface area contributed by atoms with Crippen LogP contribution in [0.4, 0.5) is 4.79 Å². The Morgan fingerprint density at radius 3 is 2.95 bits per heavy atom. The Balaban J connectivity index is 2.58. The summed E-state index contributed by atoms with van der Waals surface area (Å²) < 4.78 is 0. The minimum atomic E-state index is -1.09. The molecule has 2 atom stereocenters. The average Bonchev–Trinajstić information content (AvgIpc) is 2.31. The van der Waals surface area contributed by atoms with Gasteiger partial charge in [0.15, 0.2) is 6.23 Å². The normalized spacial score (nSPS) is 27.7. The fourth-order valence-electron chi connectivity index (χ4n) is 1.61. The fraction of sp³-hybridized carbons (Fsp3) is 0.750. The van der Waals surface area contributed by atoms with E-state index >= 15 is 0 Å². The summed E-state index contributed by atoms with van der Waals surface area (Å²) in [6, 6.07) is -0.0562. The molecule has 1 aliphatic heterocycles. The van der Waals surface area contributed by atoms with E-state index in [4.69, 9.17) is 14.8 Å². The molecule has 1 rings (SSSR count). The number of amides is 1. The molecule has 1 amide bonds. The monoisotopic (exact) mass is 273 g/mol. The molecule has 0 spiro atoms. The summed E-state index contributed by atoms with van der Waals surface area (Å²) in [5.74, 6) is 0.285. The summed E-state index contributed by atoms with van der Waals surface area (Å²) in [5, 5.41) is 11.1. The van der Waals surface area contributed by atoms with Gasteiger partial charge in [0, 0.05) is 6.54 Å². The van der Waals surface area contributed by atoms with Crippen LogP contribution in [0.25, 0.3) is 0 Å². The zero-order chi connectivity index (χ0) is 14.1. The van der Waals surface area contributed by atoms with Crippen LogP contribution in [0, 0.1) is 5.92 Å². The van der Waals surface area contributed by atoms with Gasteiger partial charge in [-0.25, -0.2) is 4.79 Å². The number of hydrogen-bond donors (Lipinski definition) is 4. The van der Waals surface area contributed by atoms with Crippen molar-refractivity contribution in [1.29, 1.82) is 0 Å². The van der Waals surface area contributed by atoms with Crippen molar-refractivity contribution in [3.05, 3.63) is 12.3 Å². The van der Waals surface area contributed by atoms with Gasteiger partial charge in [-0.2, -0.15) is 11.0 Å². The second-order valence-corrected chi connectivity index (χ2v) is 4.78. The van der Waals surface area contributed by atoms with Crippen molar-refractivity contribution in [2.45, 2.75) is 45.4 Å². The number of nitrogens with one attached hydrogen (secondary N) is 3. The maximum absolute atomic E-state index is 10.7. The second kappa shape index (κ2) is 8.73. The van der Waals surface area contributed by atoms with E-state index in [-0.39, 0.29) is 12.0 Å². The van der Waals surface area contributed by atoms with E-state index in [1.54, 1.807) is 6.26 Å². The first-order valence-corrected chi connectivity index (χ1v) is 6.55. The van der Waals surface area contributed by atoms with Gasteiger partial charge < -0.3 is 9.94 Å². The lowest BCUT2D eigenvalue weighted by Crippen LogP contribution is -2.43. The maximum Gasteiger partial charge on any atom is 0.406 e. The lowest BCUT2D eigenvalue weighted by molar-refractivity contribution is -0.0610. The molecule has 0 saturated carbocycles. The van der Waals surface area contributed by atoms with Crippen LogP contribution in [0.1, 0.15) is 33.1 Å². The number of rotatable bonds is 2. The molecule has 0 aromatic heterocycles. The van der Waals surface area contributed by atoms with Crippen molar-refractivity contribution in [3.63, 3.8) is 0 Å². The summed E-state index contributed by atoms with van der Waals surface area (Å²) in [5.41, 5.74) is 5.70. The second-order valence-electron chi connectivity index (χ2n) is 4.78. The van der Waals surface area contributed by atoms with Crippen LogP contribution < -0.4 is 16.3 Å². The number of carboxylic acid groups (broad SMARTS) is 1. The highest BCUT2D eigenvalue weighted by Crippen LogP contribution is 2.07. The molecule has 0 fully saturated rings. The summed E-state index contributed by atoms with van der Waals surface area (Å²) >= 11 is 0. The van der Waals surface area contributed by atoms with E-state index < -0.39 is 12.3 Å². The molecule has 0 bridgehead atoms. The third-order valence-corrected chi connectivity index (χ3v) is 2.78. The van der Waals surface area contributed by atoms with E-state index in [1.165, 1.54) is 0 Å². The Bertz CT molecular complexity index is 297. The zero-order valence-corrected chi connectivity index (χ0v) is 11.4. The van der Waals surface area contributed by atoms with Gasteiger partial charge in [-0.1, -0.05) is 13.8 Å². The van der Waals surface area contributed by atoms with Crippen molar-refractivity contribution in [2.75, 3.05) is 6.54 Å². The van der Waals surface area contributed by atoms with Crippen LogP contribution >= 0.6 is 0 Å². The number of hydrogen-bond acceptors (Lipinski definition) is 5. The molecular formula is C12H23N3O4. The molecule has 0 aromatic rings. The summed E-state index contributed by atoms with van der Waals surface area (Å²) in [6.07, 6.45) is 4.08. The van der Waals surface area contributed by atoms with Crippen LogP contribution in [0.5, 0.6) is 0 Å². The van der Waals surface area contributed by atoms with Crippen molar-refractivity contribution < 1.29 is 19.6 Å². The highest BCUT2D eigenvalue weighted by Gasteiger charge is 2.16. The van der Waals surface area contributed by atoms with Crippen molar-refractivity contribution in [3.8, 4) is 0 Å². The molecule has 0 unspecified atom stereocenters. The van der Waals surface area contributed by atoms with E-state index in [2.05, 4.69) is 16.3 Å². The fourth-order valence-corrected chi connectivity index (χ4v) is 1.61. The highest BCUT2D eigenvalue weighted by molar-refractivity contribution is 5.64. The summed E-state index contributed by atoms with van der Waals surface area (Å²) in [7, 11) is 0. The molecule has 4 N–H and O–H groups in total. The molecule has 7 heteroatoms. The van der Waals surface area contributed by atoms with Gasteiger partial charge in [-0.15, -0.1) is 0 Å². The first-order valence-electron chi connectivity index (χ1n) is 6.55. The third-order valence-electron chi connectivity index (χ3n) is 2.78. The Hall–Kier alpha value is -1.31. The molecule has 7 nitrogen and oxygen atoms in total. The van der Waals surface area contributed by atoms with Gasteiger partial charge in [0.25, 0.3) is 0 Å². The van der Waals surface area contributed by atoms with E-state index in [1.807, 2.05) is 19.9 Å². The number of carbonyl (C=O) groups is 1. The molecule has 0 aliphatic carbocycles. The Morgan fingerprint density at radius 2 is 2.26 bits per heavy atom. The Morgan fingerprint density at radius 1 is 1.47 bits per heavy atom. The van der Waals surface area contributed by atoms with Crippen molar-refractivity contribution >= 4 is 6.09 Å². The maximum atomic E-state index is 10.7. The topological polar surface area (TPSA) is 91.9 Å². The van der Waals surface area contributed by atoms with Crippen molar-refractivity contribution in [2.24, 2.45) is 5.92 Å². The molecular weight excluding hydrogens is 250 g/mol. The van der Waals surface area contributed by atoms with E-state index in [0.717, 1.165) is 12.8 Å². The van der Waals surface area contributed by atoms with E-state index in [0.29, 0.717) is 13.0 Å². The molecule has 1 aliphatic rings. The molecule has 0 aromatic carbocycles. The van der Waals surface area contributed by atoms with Crippen LogP contribution in [0.15, 0.2) is 12.3 Å². The van der Waals surface area contributed by atoms with Crippen LogP contribution in [-0.2, 0) is 9.68 Å². The van der Waals surface area contributed by atoms with Gasteiger partial charge in [0.2, 0.25) is 0 Å². The minimum Gasteiger partial charge on any atom is -0.465 e. The predicted octanol–water partition coefficient (Wildman–Crippen LogP) is 1.34. The van der Waals surface area contributed by atoms with E-state index in [9.17, 15) is 4.79 Å². The molecule has 1 heterocycles. The lowest BCUT2D eigenvalue weighted by Gasteiger charge is -2.24. The Kier molecular flexibility index (Phi) is 7.24. The third kappa shape index (κ3) is 7.00. The van der Waals surface area contributed by atoms with Gasteiger partial charge in [-0.05, 0) is 31.3 Å². The molecule has 110 valence electrons. The molecule has 0 saturated heterocycles. The van der Waals surface area contributed by atoms with Gasteiger partial charge in [-0.3, -0.25) is 10.2 Å². The predicted molar refractivity (Wildman–Crippen MR) is 69.9 cm³/mol. The van der Waals surface area contributed by atoms with Crippen molar-refractivity contribution in [1.82, 2.24) is 16.3 Å². The summed E-state index contributed by atoms with van der Waals surface area (Å²) in [4.78, 5) is 21.3. The van der Waals surface area contributed by atoms with Crippen LogP contribution in [-0.4, -0.2) is 30.0 Å². The number of hydroxylamine groups is 2. The smallest absolute Gasteiger partial charge is 0.406 e. The molecule has 0 radical (unpaired) electrons. The largest absolute Gasteiger partial charge is 0.465 e. The van der Waals surface area contributed by atoms with Crippen LogP contribution in [0.3, 0.4) is 0 Å². The quantitative estimate of drug-likeness (QED) is 0.607.